The Morgan fingerprint density at radius 3 is 2.15 bits per heavy atom. The summed E-state index contributed by atoms with van der Waals surface area (Å²) in [5, 5.41) is 9.06. The lowest BCUT2D eigenvalue weighted by Crippen LogP contribution is -2.38. The van der Waals surface area contributed by atoms with Crippen LogP contribution >= 0.6 is 0 Å². The average molecular weight is 278 g/mol. The second-order valence-electron chi connectivity index (χ2n) is 6.66. The number of fused-ring (bicyclic) bond motifs is 1. The molecule has 110 valence electrons. The zero-order valence-corrected chi connectivity index (χ0v) is 12.7. The average Bonchev–Trinajstić information content (AvgIpc) is 2.65. The first-order valence-electron chi connectivity index (χ1n) is 6.74. The van der Waals surface area contributed by atoms with Crippen molar-refractivity contribution in [2.75, 3.05) is 0 Å². The van der Waals surface area contributed by atoms with Gasteiger partial charge in [-0.2, -0.15) is 0 Å². The molecule has 1 amide bonds. The van der Waals surface area contributed by atoms with E-state index in [-0.39, 0.29) is 17.9 Å². The van der Waals surface area contributed by atoms with Gasteiger partial charge in [-0.1, -0.05) is 13.8 Å². The van der Waals surface area contributed by atoms with Gasteiger partial charge in [0.05, 0.1) is 5.41 Å². The maximum Gasteiger partial charge on any atom is 0.323 e. The summed E-state index contributed by atoms with van der Waals surface area (Å²) < 4.78 is 1.77. The molecule has 1 aliphatic carbocycles. The standard InChI is InChI=1S/C15H22N2O3/c1-8-11-12(9(2)17(8)6-10(18)19)15(5,13(16)20)7-14(11,3)4/h6-7H2,1-5H3,(H2,16,20)(H,18,19). The van der Waals surface area contributed by atoms with Gasteiger partial charge in [-0.3, -0.25) is 9.59 Å². The highest BCUT2D eigenvalue weighted by atomic mass is 16.4. The van der Waals surface area contributed by atoms with E-state index in [1.165, 1.54) is 0 Å². The van der Waals surface area contributed by atoms with Gasteiger partial charge in [-0.05, 0) is 43.7 Å². The van der Waals surface area contributed by atoms with Gasteiger partial charge in [-0.15, -0.1) is 0 Å². The summed E-state index contributed by atoms with van der Waals surface area (Å²) in [5.41, 5.74) is 8.50. The Kier molecular flexibility index (Phi) is 3.00. The molecule has 5 nitrogen and oxygen atoms in total. The fourth-order valence-electron chi connectivity index (χ4n) is 4.03. The molecule has 0 saturated carbocycles. The van der Waals surface area contributed by atoms with E-state index in [1.54, 1.807) is 4.57 Å². The van der Waals surface area contributed by atoms with E-state index in [0.29, 0.717) is 6.42 Å². The molecule has 0 radical (unpaired) electrons. The number of aliphatic carboxylic acids is 1. The zero-order chi connectivity index (χ0) is 15.5. The van der Waals surface area contributed by atoms with Gasteiger partial charge in [0.15, 0.2) is 0 Å². The van der Waals surface area contributed by atoms with Crippen LogP contribution in [0.25, 0.3) is 0 Å². The zero-order valence-electron chi connectivity index (χ0n) is 12.7. The molecule has 1 atom stereocenters. The molecule has 0 bridgehead atoms. The lowest BCUT2D eigenvalue weighted by Gasteiger charge is -2.26. The number of carboxylic acid groups (broad SMARTS) is 1. The summed E-state index contributed by atoms with van der Waals surface area (Å²) in [7, 11) is 0. The minimum atomic E-state index is -0.886. The van der Waals surface area contributed by atoms with E-state index in [1.807, 2.05) is 20.8 Å². The molecule has 5 heteroatoms. The van der Waals surface area contributed by atoms with Gasteiger partial charge in [0.2, 0.25) is 5.91 Å². The van der Waals surface area contributed by atoms with Crippen molar-refractivity contribution < 1.29 is 14.7 Å². The number of hydrogen-bond donors (Lipinski definition) is 2. The third-order valence-corrected chi connectivity index (χ3v) is 4.64. The monoisotopic (exact) mass is 278 g/mol. The van der Waals surface area contributed by atoms with Crippen LogP contribution in [0.15, 0.2) is 0 Å². The molecule has 1 aromatic heterocycles. The normalized spacial score (nSPS) is 23.6. The number of nitrogens with zero attached hydrogens (tertiary/aromatic N) is 1. The van der Waals surface area contributed by atoms with Crippen molar-refractivity contribution in [3.63, 3.8) is 0 Å². The van der Waals surface area contributed by atoms with Crippen LogP contribution in [-0.4, -0.2) is 21.6 Å². The molecule has 2 rings (SSSR count). The Balaban J connectivity index is 2.76. The molecule has 3 N–H and O–H groups in total. The Hall–Kier alpha value is -1.78. The molecule has 1 aliphatic rings. The summed E-state index contributed by atoms with van der Waals surface area (Å²) >= 11 is 0. The van der Waals surface area contributed by atoms with Gasteiger partial charge in [0.25, 0.3) is 0 Å². The molecule has 1 heterocycles. The highest BCUT2D eigenvalue weighted by Crippen LogP contribution is 2.52. The molecule has 20 heavy (non-hydrogen) atoms. The van der Waals surface area contributed by atoms with Crippen molar-refractivity contribution in [2.45, 2.75) is 58.4 Å². The maximum atomic E-state index is 12.0. The predicted octanol–water partition coefficient (Wildman–Crippen LogP) is 1.61. The molecule has 0 aromatic carbocycles. The number of primary amides is 1. The van der Waals surface area contributed by atoms with Gasteiger partial charge in [0.1, 0.15) is 6.54 Å². The molecular formula is C15H22N2O3. The van der Waals surface area contributed by atoms with E-state index in [4.69, 9.17) is 10.8 Å². The van der Waals surface area contributed by atoms with Crippen LogP contribution in [0.3, 0.4) is 0 Å². The number of carbonyl (C=O) groups is 2. The van der Waals surface area contributed by atoms with E-state index >= 15 is 0 Å². The van der Waals surface area contributed by atoms with Gasteiger partial charge < -0.3 is 15.4 Å². The highest BCUT2D eigenvalue weighted by molar-refractivity contribution is 5.89. The molecule has 0 fully saturated rings. The maximum absolute atomic E-state index is 12.0. The van der Waals surface area contributed by atoms with E-state index in [2.05, 4.69) is 13.8 Å². The lowest BCUT2D eigenvalue weighted by molar-refractivity contribution is -0.137. The summed E-state index contributed by atoms with van der Waals surface area (Å²) in [5.74, 6) is -1.23. The first kappa shape index (κ1) is 14.6. The van der Waals surface area contributed by atoms with E-state index in [9.17, 15) is 9.59 Å². The number of hydrogen-bond acceptors (Lipinski definition) is 2. The molecular weight excluding hydrogens is 256 g/mol. The van der Waals surface area contributed by atoms with Crippen LogP contribution in [-0.2, 0) is 27.0 Å². The van der Waals surface area contributed by atoms with Crippen molar-refractivity contribution in [2.24, 2.45) is 5.73 Å². The number of rotatable bonds is 3. The van der Waals surface area contributed by atoms with Gasteiger partial charge in [-0.25, -0.2) is 0 Å². The van der Waals surface area contributed by atoms with Crippen LogP contribution in [0.1, 0.15) is 49.7 Å². The quantitative estimate of drug-likeness (QED) is 0.881. The minimum absolute atomic E-state index is 0.0877. The molecule has 0 spiro atoms. The number of carboxylic acids is 1. The van der Waals surface area contributed by atoms with Gasteiger partial charge in [0, 0.05) is 11.4 Å². The topological polar surface area (TPSA) is 85.3 Å². The largest absolute Gasteiger partial charge is 0.480 e. The molecule has 0 aliphatic heterocycles. The number of carbonyl (C=O) groups excluding carboxylic acids is 1. The van der Waals surface area contributed by atoms with Crippen LogP contribution in [0.5, 0.6) is 0 Å². The number of amides is 1. The molecule has 1 aromatic rings. The summed E-state index contributed by atoms with van der Waals surface area (Å²) in [6.07, 6.45) is 0.662. The van der Waals surface area contributed by atoms with Crippen molar-refractivity contribution in [1.82, 2.24) is 4.57 Å². The Labute approximate surface area is 118 Å². The van der Waals surface area contributed by atoms with Crippen LogP contribution in [0, 0.1) is 13.8 Å². The third kappa shape index (κ3) is 1.76. The van der Waals surface area contributed by atoms with Crippen molar-refractivity contribution in [1.29, 1.82) is 0 Å². The van der Waals surface area contributed by atoms with E-state index in [0.717, 1.165) is 22.5 Å². The smallest absolute Gasteiger partial charge is 0.323 e. The van der Waals surface area contributed by atoms with Crippen molar-refractivity contribution >= 4 is 11.9 Å². The van der Waals surface area contributed by atoms with E-state index < -0.39 is 11.4 Å². The number of nitrogens with two attached hydrogens (primary N) is 1. The van der Waals surface area contributed by atoms with Crippen LogP contribution < -0.4 is 5.73 Å². The number of aromatic nitrogens is 1. The Morgan fingerprint density at radius 1 is 1.20 bits per heavy atom. The van der Waals surface area contributed by atoms with Crippen molar-refractivity contribution in [3.05, 3.63) is 22.5 Å². The fraction of sp³-hybridized carbons (Fsp3) is 0.600. The summed E-state index contributed by atoms with van der Waals surface area (Å²) in [4.78, 5) is 23.0. The fourth-order valence-corrected chi connectivity index (χ4v) is 4.03. The van der Waals surface area contributed by atoms with Crippen molar-refractivity contribution in [3.8, 4) is 0 Å². The highest BCUT2D eigenvalue weighted by Gasteiger charge is 2.51. The van der Waals surface area contributed by atoms with Gasteiger partial charge >= 0.3 is 5.97 Å². The first-order valence-corrected chi connectivity index (χ1v) is 6.74. The van der Waals surface area contributed by atoms with Crippen LogP contribution in [0.4, 0.5) is 0 Å². The third-order valence-electron chi connectivity index (χ3n) is 4.64. The predicted molar refractivity (Wildman–Crippen MR) is 75.7 cm³/mol. The second kappa shape index (κ2) is 4.11. The lowest BCUT2D eigenvalue weighted by atomic mass is 9.79. The molecule has 1 unspecified atom stereocenters. The summed E-state index contributed by atoms with van der Waals surface area (Å²) in [6, 6.07) is 0. The second-order valence-corrected chi connectivity index (χ2v) is 6.66. The molecule has 0 saturated heterocycles. The van der Waals surface area contributed by atoms with Crippen LogP contribution in [0.2, 0.25) is 0 Å². The minimum Gasteiger partial charge on any atom is -0.480 e. The summed E-state index contributed by atoms with van der Waals surface area (Å²) in [6.45, 7) is 9.73. The SMILES string of the molecule is Cc1c2c(c(C)n1CC(=O)O)C(C)(C(N)=O)CC2(C)C. The Bertz CT molecular complexity index is 613. The Morgan fingerprint density at radius 2 is 1.70 bits per heavy atom. The first-order chi connectivity index (χ1) is 9.02.